The SMILES string of the molecule is CCN=C1S/C(=C\c2ccc(Br)cc2)C(=O)N1CC. The van der Waals surface area contributed by atoms with Crippen molar-refractivity contribution in [3.63, 3.8) is 0 Å². The van der Waals surface area contributed by atoms with Crippen LogP contribution in [-0.4, -0.2) is 29.1 Å². The Bertz CT molecular complexity index is 537. The second-order valence-corrected chi connectivity index (χ2v) is 5.89. The number of nitrogens with zero attached hydrogens (tertiary/aromatic N) is 2. The molecule has 19 heavy (non-hydrogen) atoms. The summed E-state index contributed by atoms with van der Waals surface area (Å²) in [4.78, 5) is 19.1. The van der Waals surface area contributed by atoms with Crippen LogP contribution in [0.3, 0.4) is 0 Å². The van der Waals surface area contributed by atoms with Crippen LogP contribution in [0.25, 0.3) is 6.08 Å². The number of carbonyl (C=O) groups is 1. The fourth-order valence-corrected chi connectivity index (χ4v) is 3.12. The molecule has 2 rings (SSSR count). The van der Waals surface area contributed by atoms with Gasteiger partial charge in [-0.2, -0.15) is 0 Å². The molecule has 0 spiro atoms. The molecule has 100 valence electrons. The maximum atomic E-state index is 12.2. The summed E-state index contributed by atoms with van der Waals surface area (Å²) in [6.45, 7) is 5.29. The molecule has 1 amide bonds. The monoisotopic (exact) mass is 338 g/mol. The van der Waals surface area contributed by atoms with Crippen LogP contribution in [0.1, 0.15) is 19.4 Å². The molecular weight excluding hydrogens is 324 g/mol. The second-order valence-electron chi connectivity index (χ2n) is 3.97. The Morgan fingerprint density at radius 3 is 2.58 bits per heavy atom. The van der Waals surface area contributed by atoms with Crippen molar-refractivity contribution in [2.45, 2.75) is 13.8 Å². The first-order chi connectivity index (χ1) is 9.15. The van der Waals surface area contributed by atoms with E-state index in [1.807, 2.05) is 44.2 Å². The minimum Gasteiger partial charge on any atom is -0.287 e. The van der Waals surface area contributed by atoms with Crippen LogP contribution in [0.5, 0.6) is 0 Å². The summed E-state index contributed by atoms with van der Waals surface area (Å²) in [5.74, 6) is 0.0441. The standard InChI is InChI=1S/C14H15BrN2OS/c1-3-16-14-17(4-2)13(18)12(19-14)9-10-5-7-11(15)8-6-10/h5-9H,3-4H2,1-2H3/b12-9-,16-14?. The minimum atomic E-state index is 0.0441. The van der Waals surface area contributed by atoms with E-state index in [0.717, 1.165) is 20.1 Å². The van der Waals surface area contributed by atoms with Gasteiger partial charge in [-0.05, 0) is 49.4 Å². The third kappa shape index (κ3) is 3.28. The van der Waals surface area contributed by atoms with Gasteiger partial charge in [-0.3, -0.25) is 14.7 Å². The number of halogens is 1. The minimum absolute atomic E-state index is 0.0441. The van der Waals surface area contributed by atoms with Gasteiger partial charge in [-0.15, -0.1) is 0 Å². The molecule has 0 atom stereocenters. The van der Waals surface area contributed by atoms with E-state index in [-0.39, 0.29) is 5.91 Å². The Labute approximate surface area is 125 Å². The molecule has 0 aromatic heterocycles. The number of hydrogen-bond donors (Lipinski definition) is 0. The Hall–Kier alpha value is -1.07. The highest BCUT2D eigenvalue weighted by Gasteiger charge is 2.31. The van der Waals surface area contributed by atoms with E-state index in [4.69, 9.17) is 0 Å². The maximum absolute atomic E-state index is 12.2. The van der Waals surface area contributed by atoms with Gasteiger partial charge in [0.05, 0.1) is 4.91 Å². The molecule has 0 unspecified atom stereocenters. The molecular formula is C14H15BrN2OS. The lowest BCUT2D eigenvalue weighted by Crippen LogP contribution is -2.28. The molecule has 0 aliphatic carbocycles. The Morgan fingerprint density at radius 1 is 1.32 bits per heavy atom. The van der Waals surface area contributed by atoms with E-state index in [9.17, 15) is 4.79 Å². The third-order valence-electron chi connectivity index (χ3n) is 2.67. The zero-order valence-electron chi connectivity index (χ0n) is 10.9. The fraction of sp³-hybridized carbons (Fsp3) is 0.286. The number of hydrogen-bond acceptors (Lipinski definition) is 3. The van der Waals surface area contributed by atoms with Gasteiger partial charge < -0.3 is 0 Å². The summed E-state index contributed by atoms with van der Waals surface area (Å²) in [5.41, 5.74) is 1.02. The quantitative estimate of drug-likeness (QED) is 0.786. The van der Waals surface area contributed by atoms with Crippen LogP contribution in [0.2, 0.25) is 0 Å². The van der Waals surface area contributed by atoms with Crippen molar-refractivity contribution in [2.24, 2.45) is 4.99 Å². The third-order valence-corrected chi connectivity index (χ3v) is 4.24. The summed E-state index contributed by atoms with van der Waals surface area (Å²) in [6.07, 6.45) is 1.92. The molecule has 1 heterocycles. The summed E-state index contributed by atoms with van der Waals surface area (Å²) in [6, 6.07) is 7.90. The first-order valence-electron chi connectivity index (χ1n) is 6.17. The largest absolute Gasteiger partial charge is 0.287 e. The predicted molar refractivity (Wildman–Crippen MR) is 85.1 cm³/mol. The van der Waals surface area contributed by atoms with Crippen LogP contribution in [0, 0.1) is 0 Å². The first-order valence-corrected chi connectivity index (χ1v) is 7.78. The fourth-order valence-electron chi connectivity index (χ4n) is 1.75. The molecule has 1 saturated heterocycles. The van der Waals surface area contributed by atoms with Crippen LogP contribution in [0.15, 0.2) is 38.6 Å². The number of amidine groups is 1. The molecule has 3 nitrogen and oxygen atoms in total. The molecule has 1 aromatic carbocycles. The van der Waals surface area contributed by atoms with Crippen molar-refractivity contribution >= 4 is 44.8 Å². The normalized spacial score (nSPS) is 19.7. The van der Waals surface area contributed by atoms with Crippen LogP contribution >= 0.6 is 27.7 Å². The van der Waals surface area contributed by atoms with Crippen molar-refractivity contribution in [1.82, 2.24) is 4.90 Å². The molecule has 0 saturated carbocycles. The highest BCUT2D eigenvalue weighted by atomic mass is 79.9. The van der Waals surface area contributed by atoms with Gasteiger partial charge in [-0.1, -0.05) is 28.1 Å². The Balaban J connectivity index is 2.28. The van der Waals surface area contributed by atoms with E-state index in [0.29, 0.717) is 13.1 Å². The van der Waals surface area contributed by atoms with Crippen LogP contribution in [0.4, 0.5) is 0 Å². The van der Waals surface area contributed by atoms with Gasteiger partial charge in [0.2, 0.25) is 0 Å². The van der Waals surface area contributed by atoms with Gasteiger partial charge in [0.15, 0.2) is 5.17 Å². The van der Waals surface area contributed by atoms with Crippen molar-refractivity contribution in [2.75, 3.05) is 13.1 Å². The van der Waals surface area contributed by atoms with Crippen molar-refractivity contribution < 1.29 is 4.79 Å². The Kier molecular flexibility index (Phi) is 4.82. The van der Waals surface area contributed by atoms with E-state index < -0.39 is 0 Å². The predicted octanol–water partition coefficient (Wildman–Crippen LogP) is 3.76. The number of aliphatic imine (C=N–C) groups is 1. The highest BCUT2D eigenvalue weighted by Crippen LogP contribution is 2.32. The van der Waals surface area contributed by atoms with E-state index in [1.54, 1.807) is 4.90 Å². The van der Waals surface area contributed by atoms with Crippen molar-refractivity contribution in [3.05, 3.63) is 39.2 Å². The van der Waals surface area contributed by atoms with Crippen LogP contribution in [-0.2, 0) is 4.79 Å². The van der Waals surface area contributed by atoms with Gasteiger partial charge in [0.1, 0.15) is 0 Å². The van der Waals surface area contributed by atoms with Gasteiger partial charge in [-0.25, -0.2) is 0 Å². The number of carbonyl (C=O) groups excluding carboxylic acids is 1. The zero-order valence-corrected chi connectivity index (χ0v) is 13.3. The molecule has 1 aliphatic heterocycles. The average Bonchev–Trinajstić information content (AvgIpc) is 2.69. The number of benzene rings is 1. The molecule has 1 fully saturated rings. The van der Waals surface area contributed by atoms with E-state index >= 15 is 0 Å². The van der Waals surface area contributed by atoms with Crippen LogP contribution < -0.4 is 0 Å². The topological polar surface area (TPSA) is 32.7 Å². The van der Waals surface area contributed by atoms with Gasteiger partial charge in [0.25, 0.3) is 5.91 Å². The molecule has 1 aliphatic rings. The van der Waals surface area contributed by atoms with Gasteiger partial charge in [0, 0.05) is 17.6 Å². The zero-order chi connectivity index (χ0) is 13.8. The molecule has 5 heteroatoms. The summed E-state index contributed by atoms with van der Waals surface area (Å²) in [5, 5.41) is 0.804. The summed E-state index contributed by atoms with van der Waals surface area (Å²) in [7, 11) is 0. The lowest BCUT2D eigenvalue weighted by Gasteiger charge is -2.11. The Morgan fingerprint density at radius 2 is 2.00 bits per heavy atom. The molecule has 1 aromatic rings. The number of likely N-dealkylation sites (N-methyl/N-ethyl adjacent to an activating group) is 1. The average molecular weight is 339 g/mol. The van der Waals surface area contributed by atoms with Gasteiger partial charge >= 0.3 is 0 Å². The number of amides is 1. The smallest absolute Gasteiger partial charge is 0.266 e. The molecule has 0 radical (unpaired) electrons. The number of rotatable bonds is 3. The molecule has 0 bridgehead atoms. The van der Waals surface area contributed by atoms with Crippen molar-refractivity contribution in [3.8, 4) is 0 Å². The van der Waals surface area contributed by atoms with Crippen molar-refractivity contribution in [1.29, 1.82) is 0 Å². The lowest BCUT2D eigenvalue weighted by atomic mass is 10.2. The van der Waals surface area contributed by atoms with E-state index in [2.05, 4.69) is 20.9 Å². The second kappa shape index (κ2) is 6.39. The molecule has 0 N–H and O–H groups in total. The summed E-state index contributed by atoms with van der Waals surface area (Å²) >= 11 is 4.85. The highest BCUT2D eigenvalue weighted by molar-refractivity contribution is 9.10. The number of thioether (sulfide) groups is 1. The summed E-state index contributed by atoms with van der Waals surface area (Å²) < 4.78 is 1.03. The maximum Gasteiger partial charge on any atom is 0.266 e. The first kappa shape index (κ1) is 14.3. The lowest BCUT2D eigenvalue weighted by molar-refractivity contribution is -0.122. The van der Waals surface area contributed by atoms with E-state index in [1.165, 1.54) is 11.8 Å².